The molecule has 0 radical (unpaired) electrons. The van der Waals surface area contributed by atoms with Crippen LogP contribution in [0.25, 0.3) is 10.9 Å². The Bertz CT molecular complexity index is 1020. The molecule has 1 saturated carbocycles. The summed E-state index contributed by atoms with van der Waals surface area (Å²) < 4.78 is 7.05. The first-order valence-corrected chi connectivity index (χ1v) is 10.7. The Kier molecular flexibility index (Phi) is 5.40. The number of fused-ring (bicyclic) bond motifs is 1. The normalized spacial score (nSPS) is 18.6. The van der Waals surface area contributed by atoms with Crippen LogP contribution in [0, 0.1) is 5.92 Å². The molecule has 1 saturated heterocycles. The van der Waals surface area contributed by atoms with Crippen LogP contribution in [0.5, 0.6) is 0 Å². The molecular weight excluding hydrogens is 406 g/mol. The highest BCUT2D eigenvalue weighted by atomic mass is 35.5. The molecule has 2 fully saturated rings. The van der Waals surface area contributed by atoms with E-state index < -0.39 is 5.60 Å². The topological polar surface area (TPSA) is 93.7 Å². The lowest BCUT2D eigenvalue weighted by molar-refractivity contribution is 0.0231. The third kappa shape index (κ3) is 4.11. The molecule has 30 heavy (non-hydrogen) atoms. The molecule has 2 N–H and O–H groups in total. The Morgan fingerprint density at radius 3 is 2.50 bits per heavy atom. The largest absolute Gasteiger partial charge is 0.444 e. The molecular formula is C21H28ClN5O3. The van der Waals surface area contributed by atoms with Crippen molar-refractivity contribution in [1.29, 1.82) is 0 Å². The number of amides is 1. The fraction of sp³-hybridized carbons (Fsp3) is 0.571. The maximum atomic E-state index is 13.5. The number of halogens is 1. The van der Waals surface area contributed by atoms with Crippen LogP contribution < -0.4 is 16.3 Å². The van der Waals surface area contributed by atoms with Crippen molar-refractivity contribution in [2.45, 2.75) is 45.3 Å². The minimum Gasteiger partial charge on any atom is -0.444 e. The molecule has 1 unspecified atom stereocenters. The smallest absolute Gasteiger partial charge is 0.410 e. The van der Waals surface area contributed by atoms with Crippen LogP contribution in [0.4, 0.5) is 4.79 Å². The van der Waals surface area contributed by atoms with Gasteiger partial charge in [0.15, 0.2) is 0 Å². The summed E-state index contributed by atoms with van der Waals surface area (Å²) in [6.07, 6.45) is 1.73. The van der Waals surface area contributed by atoms with Crippen molar-refractivity contribution in [3.05, 3.63) is 39.4 Å². The van der Waals surface area contributed by atoms with E-state index in [0.717, 1.165) is 12.8 Å². The van der Waals surface area contributed by atoms with Gasteiger partial charge in [-0.25, -0.2) is 14.5 Å². The predicted molar refractivity (Wildman–Crippen MR) is 116 cm³/mol. The second-order valence-corrected chi connectivity index (χ2v) is 9.41. The summed E-state index contributed by atoms with van der Waals surface area (Å²) in [7, 11) is 0. The summed E-state index contributed by atoms with van der Waals surface area (Å²) in [6.45, 7) is 7.37. The van der Waals surface area contributed by atoms with Gasteiger partial charge in [0, 0.05) is 13.1 Å². The highest BCUT2D eigenvalue weighted by Gasteiger charge is 2.35. The van der Waals surface area contributed by atoms with Crippen molar-refractivity contribution < 1.29 is 9.53 Å². The zero-order chi connectivity index (χ0) is 21.6. The number of ether oxygens (including phenoxy) is 1. The Morgan fingerprint density at radius 1 is 1.23 bits per heavy atom. The van der Waals surface area contributed by atoms with Crippen molar-refractivity contribution in [1.82, 2.24) is 14.6 Å². The van der Waals surface area contributed by atoms with Gasteiger partial charge < -0.3 is 20.4 Å². The minimum atomic E-state index is -0.547. The van der Waals surface area contributed by atoms with E-state index >= 15 is 0 Å². The lowest BCUT2D eigenvalue weighted by atomic mass is 10.1. The first-order chi connectivity index (χ1) is 14.2. The molecule has 4 rings (SSSR count). The Labute approximate surface area is 180 Å². The van der Waals surface area contributed by atoms with E-state index in [0.29, 0.717) is 53.8 Å². The molecule has 1 aliphatic carbocycles. The van der Waals surface area contributed by atoms with Crippen LogP contribution in [0.2, 0.25) is 5.02 Å². The first kappa shape index (κ1) is 20.9. The van der Waals surface area contributed by atoms with Gasteiger partial charge in [-0.1, -0.05) is 17.7 Å². The molecule has 0 bridgehead atoms. The van der Waals surface area contributed by atoms with E-state index in [2.05, 4.69) is 0 Å². The van der Waals surface area contributed by atoms with E-state index in [4.69, 9.17) is 27.1 Å². The standard InChI is InChI=1S/C21H28ClN5O3/c1-21(2,3)30-20(29)25-9-11-26(12-10-25)27-18(17(23)13-7-8-13)24-15-6-4-5-14(22)16(15)19(27)28/h4-6,13,17H,7-12,23H2,1-3H3. The molecule has 1 aromatic carbocycles. The van der Waals surface area contributed by atoms with Crippen molar-refractivity contribution >= 4 is 28.6 Å². The number of rotatable bonds is 3. The summed E-state index contributed by atoms with van der Waals surface area (Å²) in [6, 6.07) is 4.95. The summed E-state index contributed by atoms with van der Waals surface area (Å²) in [4.78, 5) is 32.2. The molecule has 1 amide bonds. The first-order valence-electron chi connectivity index (χ1n) is 10.4. The predicted octanol–water partition coefficient (Wildman–Crippen LogP) is 2.65. The van der Waals surface area contributed by atoms with Gasteiger partial charge >= 0.3 is 6.09 Å². The number of hydrogen-bond acceptors (Lipinski definition) is 6. The zero-order valence-corrected chi connectivity index (χ0v) is 18.4. The average molecular weight is 434 g/mol. The van der Waals surface area contributed by atoms with Crippen LogP contribution in [0.3, 0.4) is 0 Å². The second kappa shape index (κ2) is 7.74. The van der Waals surface area contributed by atoms with Gasteiger partial charge in [-0.05, 0) is 51.7 Å². The number of aromatic nitrogens is 2. The number of nitrogens with zero attached hydrogens (tertiary/aromatic N) is 4. The van der Waals surface area contributed by atoms with Crippen LogP contribution in [0.1, 0.15) is 45.5 Å². The van der Waals surface area contributed by atoms with Gasteiger partial charge in [0.1, 0.15) is 11.4 Å². The number of benzene rings is 1. The SMILES string of the molecule is CC(C)(C)OC(=O)N1CCN(n2c(C(N)C3CC3)nc3cccc(Cl)c3c2=O)CC1. The summed E-state index contributed by atoms with van der Waals surface area (Å²) in [5.74, 6) is 0.894. The number of hydrogen-bond donors (Lipinski definition) is 1. The molecule has 162 valence electrons. The van der Waals surface area contributed by atoms with Crippen LogP contribution in [0.15, 0.2) is 23.0 Å². The number of carbonyl (C=O) groups excluding carboxylic acids is 1. The molecule has 2 aliphatic rings. The lowest BCUT2D eigenvalue weighted by Gasteiger charge is -2.38. The highest BCUT2D eigenvalue weighted by Crippen LogP contribution is 2.39. The Hall–Kier alpha value is -2.32. The number of piperazine rings is 1. The average Bonchev–Trinajstić information content (AvgIpc) is 3.51. The van der Waals surface area contributed by atoms with Crippen molar-refractivity contribution in [2.75, 3.05) is 31.2 Å². The van der Waals surface area contributed by atoms with E-state index in [9.17, 15) is 9.59 Å². The molecule has 8 nitrogen and oxygen atoms in total. The monoisotopic (exact) mass is 433 g/mol. The fourth-order valence-corrected chi connectivity index (χ4v) is 4.01. The van der Waals surface area contributed by atoms with Crippen molar-refractivity contribution in [3.8, 4) is 0 Å². The van der Waals surface area contributed by atoms with E-state index in [-0.39, 0.29) is 17.7 Å². The summed E-state index contributed by atoms with van der Waals surface area (Å²) in [5, 5.41) is 2.68. The van der Waals surface area contributed by atoms with Crippen LogP contribution in [-0.2, 0) is 4.74 Å². The van der Waals surface area contributed by atoms with E-state index in [1.54, 1.807) is 27.8 Å². The quantitative estimate of drug-likeness (QED) is 0.799. The Balaban J connectivity index is 1.66. The molecule has 1 aliphatic heterocycles. The molecule has 1 aromatic heterocycles. The summed E-state index contributed by atoms with van der Waals surface area (Å²) >= 11 is 6.33. The maximum Gasteiger partial charge on any atom is 0.410 e. The third-order valence-electron chi connectivity index (χ3n) is 5.47. The van der Waals surface area contributed by atoms with E-state index in [1.165, 1.54) is 0 Å². The van der Waals surface area contributed by atoms with Gasteiger partial charge in [0.05, 0.1) is 35.1 Å². The second-order valence-electron chi connectivity index (χ2n) is 9.01. The molecule has 2 heterocycles. The van der Waals surface area contributed by atoms with Gasteiger partial charge in [-0.15, -0.1) is 0 Å². The summed E-state index contributed by atoms with van der Waals surface area (Å²) in [5.41, 5.74) is 6.27. The maximum absolute atomic E-state index is 13.5. The molecule has 1 atom stereocenters. The van der Waals surface area contributed by atoms with Crippen LogP contribution in [-0.4, -0.2) is 52.4 Å². The third-order valence-corrected chi connectivity index (χ3v) is 5.78. The zero-order valence-electron chi connectivity index (χ0n) is 17.6. The lowest BCUT2D eigenvalue weighted by Crippen LogP contribution is -2.57. The van der Waals surface area contributed by atoms with Gasteiger partial charge in [0.25, 0.3) is 5.56 Å². The Morgan fingerprint density at radius 2 is 1.90 bits per heavy atom. The molecule has 2 aromatic rings. The van der Waals surface area contributed by atoms with Gasteiger partial charge in [0.2, 0.25) is 0 Å². The van der Waals surface area contributed by atoms with Crippen molar-refractivity contribution in [3.63, 3.8) is 0 Å². The van der Waals surface area contributed by atoms with Gasteiger partial charge in [-0.2, -0.15) is 0 Å². The van der Waals surface area contributed by atoms with Gasteiger partial charge in [-0.3, -0.25) is 4.79 Å². The fourth-order valence-electron chi connectivity index (χ4n) is 3.76. The highest BCUT2D eigenvalue weighted by molar-refractivity contribution is 6.35. The minimum absolute atomic E-state index is 0.220. The van der Waals surface area contributed by atoms with Crippen LogP contribution >= 0.6 is 11.6 Å². The molecule has 9 heteroatoms. The van der Waals surface area contributed by atoms with E-state index in [1.807, 2.05) is 25.8 Å². The molecule has 0 spiro atoms. The number of nitrogens with two attached hydrogens (primary N) is 1. The number of carbonyl (C=O) groups is 1. The van der Waals surface area contributed by atoms with Crippen molar-refractivity contribution in [2.24, 2.45) is 11.7 Å².